The number of hydrogen-bond donors (Lipinski definition) is 2. The molecule has 1 aromatic rings. The van der Waals surface area contributed by atoms with Gasteiger partial charge in [-0.05, 0) is 30.2 Å². The summed E-state index contributed by atoms with van der Waals surface area (Å²) in [6.07, 6.45) is 0.441. The first-order valence-corrected chi connectivity index (χ1v) is 6.77. The number of aliphatic hydroxyl groups excluding tert-OH is 1. The minimum atomic E-state index is -0.135. The van der Waals surface area contributed by atoms with Gasteiger partial charge >= 0.3 is 0 Å². The van der Waals surface area contributed by atoms with E-state index in [1.165, 1.54) is 5.56 Å². The monoisotopic (exact) mass is 262 g/mol. The van der Waals surface area contributed by atoms with Gasteiger partial charge in [0, 0.05) is 12.2 Å². The number of aliphatic hydroxyl groups is 1. The molecule has 4 nitrogen and oxygen atoms in total. The average Bonchev–Trinajstić information content (AvgIpc) is 2.67. The first-order valence-electron chi connectivity index (χ1n) is 6.77. The molecular formula is C15H22N2O2. The molecule has 19 heavy (non-hydrogen) atoms. The molecule has 2 rings (SSSR count). The Hall–Kier alpha value is -1.39. The molecule has 1 aliphatic heterocycles. The van der Waals surface area contributed by atoms with Crippen molar-refractivity contribution in [2.24, 2.45) is 5.92 Å². The zero-order chi connectivity index (χ0) is 14.0. The fraction of sp³-hybridized carbons (Fsp3) is 0.533. The van der Waals surface area contributed by atoms with Gasteiger partial charge in [-0.2, -0.15) is 0 Å². The Morgan fingerprint density at radius 1 is 1.42 bits per heavy atom. The number of carbonyl (C=O) groups excluding carboxylic acids is 1. The lowest BCUT2D eigenvalue weighted by Gasteiger charge is -2.30. The van der Waals surface area contributed by atoms with E-state index in [2.05, 4.69) is 11.4 Å². The number of anilines is 1. The quantitative estimate of drug-likeness (QED) is 0.841. The molecule has 0 radical (unpaired) electrons. The molecule has 1 aromatic carbocycles. The molecule has 104 valence electrons. The van der Waals surface area contributed by atoms with Gasteiger partial charge in [0.25, 0.3) is 0 Å². The molecular weight excluding hydrogens is 240 g/mol. The molecule has 0 fully saturated rings. The fourth-order valence-corrected chi connectivity index (χ4v) is 2.67. The van der Waals surface area contributed by atoms with Crippen LogP contribution in [0.2, 0.25) is 0 Å². The highest BCUT2D eigenvalue weighted by Crippen LogP contribution is 2.33. The molecule has 4 heteroatoms. The highest BCUT2D eigenvalue weighted by atomic mass is 16.3. The molecule has 1 unspecified atom stereocenters. The Morgan fingerprint density at radius 2 is 2.16 bits per heavy atom. The molecule has 0 spiro atoms. The molecule has 1 aliphatic rings. The van der Waals surface area contributed by atoms with Crippen molar-refractivity contribution in [1.82, 2.24) is 5.32 Å². The Bertz CT molecular complexity index is 471. The predicted octanol–water partition coefficient (Wildman–Crippen LogP) is 1.31. The summed E-state index contributed by atoms with van der Waals surface area (Å²) in [6.45, 7) is 4.86. The number of hydrogen-bond acceptors (Lipinski definition) is 3. The van der Waals surface area contributed by atoms with E-state index in [1.807, 2.05) is 33.0 Å². The molecule has 0 aromatic heterocycles. The van der Waals surface area contributed by atoms with E-state index in [-0.39, 0.29) is 24.5 Å². The standard InChI is InChI=1S/C15H22N2O2/c1-10(2)14(9-18)17-13-5-4-11(8-16-3)6-12(13)7-15(17)19/h4-6,10,14,16,18H,7-9H2,1-3H3. The van der Waals surface area contributed by atoms with E-state index < -0.39 is 0 Å². The predicted molar refractivity (Wildman–Crippen MR) is 76.1 cm³/mol. The van der Waals surface area contributed by atoms with Crippen LogP contribution in [-0.4, -0.2) is 30.7 Å². The largest absolute Gasteiger partial charge is 0.394 e. The zero-order valence-corrected chi connectivity index (χ0v) is 11.8. The van der Waals surface area contributed by atoms with Gasteiger partial charge in [0.1, 0.15) is 0 Å². The number of fused-ring (bicyclic) bond motifs is 1. The molecule has 1 amide bonds. The highest BCUT2D eigenvalue weighted by molar-refractivity contribution is 6.02. The second-order valence-corrected chi connectivity index (χ2v) is 5.43. The van der Waals surface area contributed by atoms with Gasteiger partial charge in [-0.3, -0.25) is 4.79 Å². The average molecular weight is 262 g/mol. The number of amides is 1. The summed E-state index contributed by atoms with van der Waals surface area (Å²) in [5.74, 6) is 0.321. The van der Waals surface area contributed by atoms with Crippen molar-refractivity contribution >= 4 is 11.6 Å². The first-order chi connectivity index (χ1) is 9.08. The Kier molecular flexibility index (Phi) is 4.22. The summed E-state index contributed by atoms with van der Waals surface area (Å²) in [5, 5.41) is 12.6. The summed E-state index contributed by atoms with van der Waals surface area (Å²) in [6, 6.07) is 5.98. The van der Waals surface area contributed by atoms with Gasteiger partial charge in [0.15, 0.2) is 0 Å². The van der Waals surface area contributed by atoms with Crippen molar-refractivity contribution in [3.05, 3.63) is 29.3 Å². The van der Waals surface area contributed by atoms with Gasteiger partial charge in [-0.25, -0.2) is 0 Å². The summed E-state index contributed by atoms with van der Waals surface area (Å²) < 4.78 is 0. The minimum Gasteiger partial charge on any atom is -0.394 e. The van der Waals surface area contributed by atoms with Gasteiger partial charge in [0.2, 0.25) is 5.91 Å². The molecule has 0 aliphatic carbocycles. The number of rotatable bonds is 5. The van der Waals surface area contributed by atoms with E-state index >= 15 is 0 Å². The van der Waals surface area contributed by atoms with Crippen LogP contribution in [0.5, 0.6) is 0 Å². The van der Waals surface area contributed by atoms with Gasteiger partial charge in [-0.1, -0.05) is 26.0 Å². The van der Waals surface area contributed by atoms with E-state index in [0.29, 0.717) is 6.42 Å². The van der Waals surface area contributed by atoms with Crippen LogP contribution in [-0.2, 0) is 17.8 Å². The van der Waals surface area contributed by atoms with Crippen molar-refractivity contribution in [1.29, 1.82) is 0 Å². The number of nitrogens with zero attached hydrogens (tertiary/aromatic N) is 1. The summed E-state index contributed by atoms with van der Waals surface area (Å²) in [4.78, 5) is 14.0. The van der Waals surface area contributed by atoms with Crippen molar-refractivity contribution in [3.63, 3.8) is 0 Å². The van der Waals surface area contributed by atoms with Crippen molar-refractivity contribution in [2.75, 3.05) is 18.6 Å². The summed E-state index contributed by atoms with van der Waals surface area (Å²) in [5.41, 5.74) is 3.20. The lowest BCUT2D eigenvalue weighted by atomic mass is 10.0. The third-order valence-electron chi connectivity index (χ3n) is 3.68. The highest BCUT2D eigenvalue weighted by Gasteiger charge is 2.34. The fourth-order valence-electron chi connectivity index (χ4n) is 2.67. The van der Waals surface area contributed by atoms with Crippen molar-refractivity contribution in [3.8, 4) is 0 Å². The normalized spacial score (nSPS) is 16.1. The molecule has 1 atom stereocenters. The number of carbonyl (C=O) groups is 1. The smallest absolute Gasteiger partial charge is 0.231 e. The van der Waals surface area contributed by atoms with Crippen LogP contribution in [0, 0.1) is 5.92 Å². The molecule has 2 N–H and O–H groups in total. The lowest BCUT2D eigenvalue weighted by molar-refractivity contribution is -0.118. The van der Waals surface area contributed by atoms with E-state index in [1.54, 1.807) is 4.90 Å². The third kappa shape index (κ3) is 2.65. The number of nitrogens with one attached hydrogen (secondary N) is 1. The Morgan fingerprint density at radius 3 is 2.74 bits per heavy atom. The van der Waals surface area contributed by atoms with E-state index in [9.17, 15) is 9.90 Å². The van der Waals surface area contributed by atoms with Gasteiger partial charge in [-0.15, -0.1) is 0 Å². The SMILES string of the molecule is CNCc1ccc2c(c1)CC(=O)N2C(CO)C(C)C. The van der Waals surface area contributed by atoms with Crippen molar-refractivity contribution < 1.29 is 9.90 Å². The van der Waals surface area contributed by atoms with E-state index in [4.69, 9.17) is 0 Å². The second-order valence-electron chi connectivity index (χ2n) is 5.43. The van der Waals surface area contributed by atoms with Crippen LogP contribution in [0.15, 0.2) is 18.2 Å². The van der Waals surface area contributed by atoms with Crippen LogP contribution in [0.4, 0.5) is 5.69 Å². The summed E-state index contributed by atoms with van der Waals surface area (Å²) in [7, 11) is 1.91. The Labute approximate surface area is 114 Å². The van der Waals surface area contributed by atoms with Crippen LogP contribution < -0.4 is 10.2 Å². The van der Waals surface area contributed by atoms with Crippen LogP contribution in [0.25, 0.3) is 0 Å². The van der Waals surface area contributed by atoms with Gasteiger partial charge < -0.3 is 15.3 Å². The maximum absolute atomic E-state index is 12.2. The Balaban J connectivity index is 2.33. The van der Waals surface area contributed by atoms with E-state index in [0.717, 1.165) is 17.8 Å². The van der Waals surface area contributed by atoms with Crippen LogP contribution in [0.1, 0.15) is 25.0 Å². The lowest BCUT2D eigenvalue weighted by Crippen LogP contribution is -2.43. The third-order valence-corrected chi connectivity index (χ3v) is 3.68. The zero-order valence-electron chi connectivity index (χ0n) is 11.8. The van der Waals surface area contributed by atoms with Gasteiger partial charge in [0.05, 0.1) is 19.1 Å². The van der Waals surface area contributed by atoms with Crippen LogP contribution >= 0.6 is 0 Å². The molecule has 0 saturated carbocycles. The number of benzene rings is 1. The van der Waals surface area contributed by atoms with Crippen LogP contribution in [0.3, 0.4) is 0 Å². The molecule has 0 bridgehead atoms. The molecule has 1 heterocycles. The van der Waals surface area contributed by atoms with Crippen molar-refractivity contribution in [2.45, 2.75) is 32.9 Å². The summed E-state index contributed by atoms with van der Waals surface area (Å²) >= 11 is 0. The second kappa shape index (κ2) is 5.72. The maximum atomic E-state index is 12.2. The first kappa shape index (κ1) is 14.0. The topological polar surface area (TPSA) is 52.6 Å². The maximum Gasteiger partial charge on any atom is 0.231 e. The minimum absolute atomic E-state index is 0.00110. The molecule has 0 saturated heterocycles.